The zero-order chi connectivity index (χ0) is 14.4. The van der Waals surface area contributed by atoms with Gasteiger partial charge in [-0.25, -0.2) is 9.97 Å². The molecule has 1 heterocycles. The Hall–Kier alpha value is -2.45. The number of hydrogen-bond donors (Lipinski definition) is 1. The van der Waals surface area contributed by atoms with Crippen LogP contribution in [0.2, 0.25) is 0 Å². The zero-order valence-corrected chi connectivity index (χ0v) is 11.6. The van der Waals surface area contributed by atoms with Crippen LogP contribution >= 0.6 is 0 Å². The molecular weight excluding hydrogens is 250 g/mol. The molecule has 2 aromatic rings. The van der Waals surface area contributed by atoms with Gasteiger partial charge >= 0.3 is 0 Å². The summed E-state index contributed by atoms with van der Waals surface area (Å²) in [7, 11) is 4.06. The lowest BCUT2D eigenvalue weighted by Crippen LogP contribution is -2.27. The van der Waals surface area contributed by atoms with Gasteiger partial charge in [-0.3, -0.25) is 0 Å². The molecule has 5 nitrogen and oxygen atoms in total. The number of nitriles is 1. The summed E-state index contributed by atoms with van der Waals surface area (Å²) >= 11 is 0. The minimum atomic E-state index is 0.199. The highest BCUT2D eigenvalue weighted by Crippen LogP contribution is 2.18. The van der Waals surface area contributed by atoms with E-state index in [1.165, 1.54) is 11.8 Å². The SMILES string of the molecule is CN(C)C(CNc1nccnc1C#N)c1ccccc1. The van der Waals surface area contributed by atoms with Crippen molar-refractivity contribution in [1.82, 2.24) is 14.9 Å². The van der Waals surface area contributed by atoms with E-state index in [4.69, 9.17) is 5.26 Å². The number of likely N-dealkylation sites (N-methyl/N-ethyl adjacent to an activating group) is 1. The van der Waals surface area contributed by atoms with Gasteiger partial charge in [0.25, 0.3) is 0 Å². The Balaban J connectivity index is 2.13. The molecule has 0 amide bonds. The van der Waals surface area contributed by atoms with Crippen LogP contribution in [0.3, 0.4) is 0 Å². The fraction of sp³-hybridized carbons (Fsp3) is 0.267. The monoisotopic (exact) mass is 267 g/mol. The second-order valence-electron chi connectivity index (χ2n) is 4.64. The minimum absolute atomic E-state index is 0.199. The summed E-state index contributed by atoms with van der Waals surface area (Å²) < 4.78 is 0. The van der Waals surface area contributed by atoms with Crippen LogP contribution in [0.1, 0.15) is 17.3 Å². The first kappa shape index (κ1) is 14.0. The lowest BCUT2D eigenvalue weighted by Gasteiger charge is -2.25. The van der Waals surface area contributed by atoms with Crippen molar-refractivity contribution in [3.8, 4) is 6.07 Å². The maximum Gasteiger partial charge on any atom is 0.182 e. The van der Waals surface area contributed by atoms with Crippen molar-refractivity contribution in [2.75, 3.05) is 26.0 Å². The Morgan fingerprint density at radius 1 is 1.20 bits per heavy atom. The van der Waals surface area contributed by atoms with Crippen LogP contribution in [0, 0.1) is 11.3 Å². The highest BCUT2D eigenvalue weighted by molar-refractivity contribution is 5.47. The number of anilines is 1. The summed E-state index contributed by atoms with van der Waals surface area (Å²) in [6, 6.07) is 12.5. The average molecular weight is 267 g/mol. The Morgan fingerprint density at radius 3 is 2.55 bits per heavy atom. The summed E-state index contributed by atoms with van der Waals surface area (Å²) in [6.07, 6.45) is 3.10. The maximum absolute atomic E-state index is 9.01. The largest absolute Gasteiger partial charge is 0.366 e. The Morgan fingerprint density at radius 2 is 1.90 bits per heavy atom. The van der Waals surface area contributed by atoms with Crippen LogP contribution < -0.4 is 5.32 Å². The molecule has 0 radical (unpaired) electrons. The third kappa shape index (κ3) is 3.31. The van der Waals surface area contributed by atoms with E-state index in [0.29, 0.717) is 18.1 Å². The number of nitrogens with one attached hydrogen (secondary N) is 1. The van der Waals surface area contributed by atoms with Crippen LogP contribution in [0.15, 0.2) is 42.7 Å². The number of rotatable bonds is 5. The first-order valence-corrected chi connectivity index (χ1v) is 6.38. The third-order valence-corrected chi connectivity index (χ3v) is 3.07. The van der Waals surface area contributed by atoms with Gasteiger partial charge in [0, 0.05) is 18.9 Å². The smallest absolute Gasteiger partial charge is 0.182 e. The van der Waals surface area contributed by atoms with Crippen molar-refractivity contribution in [2.45, 2.75) is 6.04 Å². The van der Waals surface area contributed by atoms with Gasteiger partial charge in [-0.1, -0.05) is 30.3 Å². The van der Waals surface area contributed by atoms with Crippen molar-refractivity contribution in [2.24, 2.45) is 0 Å². The normalized spacial score (nSPS) is 11.9. The van der Waals surface area contributed by atoms with Crippen molar-refractivity contribution < 1.29 is 0 Å². The van der Waals surface area contributed by atoms with Crippen molar-refractivity contribution >= 4 is 5.82 Å². The fourth-order valence-electron chi connectivity index (χ4n) is 2.02. The van der Waals surface area contributed by atoms with Gasteiger partial charge in [-0.2, -0.15) is 5.26 Å². The van der Waals surface area contributed by atoms with Gasteiger partial charge in [0.05, 0.1) is 6.04 Å². The molecule has 0 fully saturated rings. The number of aromatic nitrogens is 2. The van der Waals surface area contributed by atoms with E-state index in [1.807, 2.05) is 38.4 Å². The van der Waals surface area contributed by atoms with Gasteiger partial charge in [0.15, 0.2) is 11.5 Å². The minimum Gasteiger partial charge on any atom is -0.366 e. The fourth-order valence-corrected chi connectivity index (χ4v) is 2.02. The Kier molecular flexibility index (Phi) is 4.64. The molecule has 0 bridgehead atoms. The van der Waals surface area contributed by atoms with E-state index in [0.717, 1.165) is 0 Å². The van der Waals surface area contributed by atoms with E-state index in [1.54, 1.807) is 6.20 Å². The number of benzene rings is 1. The molecule has 0 aliphatic heterocycles. The molecule has 0 saturated heterocycles. The summed E-state index contributed by atoms with van der Waals surface area (Å²) in [5.74, 6) is 0.526. The summed E-state index contributed by atoms with van der Waals surface area (Å²) in [6.45, 7) is 0.657. The van der Waals surface area contributed by atoms with Crippen molar-refractivity contribution in [1.29, 1.82) is 5.26 Å². The molecule has 102 valence electrons. The second-order valence-corrected chi connectivity index (χ2v) is 4.64. The van der Waals surface area contributed by atoms with E-state index < -0.39 is 0 Å². The first-order valence-electron chi connectivity index (χ1n) is 6.38. The Labute approximate surface area is 118 Å². The quantitative estimate of drug-likeness (QED) is 0.898. The molecule has 1 aromatic heterocycles. The van der Waals surface area contributed by atoms with Crippen LogP contribution in [-0.2, 0) is 0 Å². The summed E-state index contributed by atoms with van der Waals surface area (Å²) in [5.41, 5.74) is 1.53. The highest BCUT2D eigenvalue weighted by atomic mass is 15.1. The molecule has 2 rings (SSSR count). The predicted molar refractivity (Wildman–Crippen MR) is 78.1 cm³/mol. The van der Waals surface area contributed by atoms with E-state index in [2.05, 4.69) is 32.3 Å². The first-order chi connectivity index (χ1) is 9.72. The molecule has 0 saturated carbocycles. The van der Waals surface area contributed by atoms with E-state index in [9.17, 15) is 0 Å². The standard InChI is InChI=1S/C15H17N5/c1-20(2)14(12-6-4-3-5-7-12)11-19-15-13(10-16)17-8-9-18-15/h3-9,14H,11H2,1-2H3,(H,18,19). The van der Waals surface area contributed by atoms with Crippen molar-refractivity contribution in [3.63, 3.8) is 0 Å². The molecule has 0 aliphatic carbocycles. The number of hydrogen-bond acceptors (Lipinski definition) is 5. The van der Waals surface area contributed by atoms with E-state index >= 15 is 0 Å². The van der Waals surface area contributed by atoms with Gasteiger partial charge in [0.1, 0.15) is 6.07 Å². The van der Waals surface area contributed by atoms with Crippen LogP contribution in [0.5, 0.6) is 0 Å². The molecule has 1 aromatic carbocycles. The molecular formula is C15H17N5. The molecule has 5 heteroatoms. The van der Waals surface area contributed by atoms with E-state index in [-0.39, 0.29) is 6.04 Å². The van der Waals surface area contributed by atoms with Gasteiger partial charge in [-0.15, -0.1) is 0 Å². The summed E-state index contributed by atoms with van der Waals surface area (Å²) in [4.78, 5) is 10.3. The van der Waals surface area contributed by atoms with Crippen LogP contribution in [0.25, 0.3) is 0 Å². The zero-order valence-electron chi connectivity index (χ0n) is 11.6. The molecule has 0 aliphatic rings. The topological polar surface area (TPSA) is 64.8 Å². The highest BCUT2D eigenvalue weighted by Gasteiger charge is 2.14. The maximum atomic E-state index is 9.01. The predicted octanol–water partition coefficient (Wildman–Crippen LogP) is 2.06. The third-order valence-electron chi connectivity index (χ3n) is 3.07. The molecule has 1 N–H and O–H groups in total. The second kappa shape index (κ2) is 6.64. The van der Waals surface area contributed by atoms with Gasteiger partial charge in [-0.05, 0) is 19.7 Å². The van der Waals surface area contributed by atoms with Crippen LogP contribution in [-0.4, -0.2) is 35.5 Å². The van der Waals surface area contributed by atoms with Crippen LogP contribution in [0.4, 0.5) is 5.82 Å². The van der Waals surface area contributed by atoms with Gasteiger partial charge in [0.2, 0.25) is 0 Å². The lowest BCUT2D eigenvalue weighted by atomic mass is 10.1. The Bertz CT molecular complexity index is 589. The lowest BCUT2D eigenvalue weighted by molar-refractivity contribution is 0.311. The van der Waals surface area contributed by atoms with Gasteiger partial charge < -0.3 is 10.2 Å². The number of nitrogens with zero attached hydrogens (tertiary/aromatic N) is 4. The molecule has 20 heavy (non-hydrogen) atoms. The molecule has 1 unspecified atom stereocenters. The molecule has 1 atom stereocenters. The summed E-state index contributed by atoms with van der Waals surface area (Å²) in [5, 5.41) is 12.2. The average Bonchev–Trinajstić information content (AvgIpc) is 2.48. The molecule has 0 spiro atoms. The van der Waals surface area contributed by atoms with Crippen molar-refractivity contribution in [3.05, 3.63) is 54.0 Å².